The van der Waals surface area contributed by atoms with E-state index in [-0.39, 0.29) is 6.42 Å². The SMILES string of the molecule is C#C.CC(C)(C)O.CN=Nc1ccc(-c2cc(-c3cc4c(-c5cc(F)c6c(c5C)CCCO6)c(CC(=O)O)c(C)nc4n3C)ccn2)cc1N. The summed E-state index contributed by atoms with van der Waals surface area (Å²) in [5.41, 5.74) is 14.9. The van der Waals surface area contributed by atoms with E-state index in [2.05, 4.69) is 28.1 Å². The van der Waals surface area contributed by atoms with Crippen molar-refractivity contribution in [2.24, 2.45) is 17.3 Å². The second-order valence-corrected chi connectivity index (χ2v) is 12.9. The van der Waals surface area contributed by atoms with Gasteiger partial charge in [-0.3, -0.25) is 9.78 Å². The number of anilines is 1. The number of azo groups is 1. The highest BCUT2D eigenvalue weighted by atomic mass is 19.1. The number of terminal acetylenes is 1. The van der Waals surface area contributed by atoms with E-state index in [0.717, 1.165) is 45.4 Å². The minimum absolute atomic E-state index is 0.239. The van der Waals surface area contributed by atoms with Crippen LogP contribution in [0.3, 0.4) is 0 Å². The van der Waals surface area contributed by atoms with Gasteiger partial charge in [0, 0.05) is 48.1 Å². The van der Waals surface area contributed by atoms with Crippen LogP contribution in [0.5, 0.6) is 5.75 Å². The third-order valence-corrected chi connectivity index (χ3v) is 8.10. The number of carbonyl (C=O) groups is 1. The van der Waals surface area contributed by atoms with Gasteiger partial charge in [-0.15, -0.1) is 12.8 Å². The molecule has 1 aliphatic heterocycles. The number of nitrogens with zero attached hydrogens (tertiary/aromatic N) is 5. The highest BCUT2D eigenvalue weighted by Crippen LogP contribution is 2.43. The van der Waals surface area contributed by atoms with Gasteiger partial charge in [0.15, 0.2) is 11.6 Å². The summed E-state index contributed by atoms with van der Waals surface area (Å²) in [7, 11) is 3.51. The van der Waals surface area contributed by atoms with E-state index in [4.69, 9.17) is 20.6 Å². The number of aromatic nitrogens is 3. The molecule has 2 aromatic carbocycles. The number of nitrogens with two attached hydrogens (primary N) is 1. The number of aryl methyl sites for hydroxylation is 2. The van der Waals surface area contributed by atoms with Crippen LogP contribution in [-0.4, -0.2) is 50.0 Å². The number of rotatable bonds is 6. The molecule has 3 aromatic heterocycles. The third kappa shape index (κ3) is 7.98. The van der Waals surface area contributed by atoms with E-state index in [9.17, 15) is 9.90 Å². The summed E-state index contributed by atoms with van der Waals surface area (Å²) >= 11 is 0. The molecule has 11 heteroatoms. The number of carboxylic acid groups (broad SMARTS) is 1. The fourth-order valence-corrected chi connectivity index (χ4v) is 6.01. The number of aliphatic carboxylic acids is 1. The lowest BCUT2D eigenvalue weighted by Gasteiger charge is -2.23. The number of aliphatic hydroxyl groups is 1. The summed E-state index contributed by atoms with van der Waals surface area (Å²) < 4.78 is 23.1. The summed E-state index contributed by atoms with van der Waals surface area (Å²) in [5, 5.41) is 27.0. The van der Waals surface area contributed by atoms with Crippen LogP contribution in [0, 0.1) is 32.5 Å². The van der Waals surface area contributed by atoms with Crippen molar-refractivity contribution in [3.63, 3.8) is 0 Å². The Bertz CT molecular complexity index is 2100. The van der Waals surface area contributed by atoms with Crippen LogP contribution in [0.2, 0.25) is 0 Å². The van der Waals surface area contributed by atoms with Crippen molar-refractivity contribution in [2.75, 3.05) is 19.4 Å². The predicted molar refractivity (Wildman–Crippen MR) is 196 cm³/mol. The number of pyridine rings is 2. The smallest absolute Gasteiger partial charge is 0.307 e. The van der Waals surface area contributed by atoms with Gasteiger partial charge in [-0.25, -0.2) is 9.37 Å². The second-order valence-electron chi connectivity index (χ2n) is 12.9. The van der Waals surface area contributed by atoms with Crippen molar-refractivity contribution in [3.8, 4) is 52.2 Å². The molecule has 5 aromatic rings. The van der Waals surface area contributed by atoms with Crippen LogP contribution in [0.4, 0.5) is 15.8 Å². The topological polar surface area (TPSA) is 148 Å². The molecule has 0 fully saturated rings. The highest BCUT2D eigenvalue weighted by Gasteiger charge is 2.26. The molecule has 0 atom stereocenters. The van der Waals surface area contributed by atoms with Gasteiger partial charge in [0.05, 0.1) is 35.7 Å². The van der Waals surface area contributed by atoms with E-state index in [1.807, 2.05) is 48.9 Å². The standard InChI is InChI=1S/C33H31FN6O3.C4H10O.C2H2/c1-17-21-6-5-11-43-32(21)25(34)14-22(17)31-23(16-30(41)42)18(2)38-33-24(31)15-29(40(33)4)20-9-10-37-28(13-20)19-7-8-27(39-36-3)26(35)12-19;1-4(2,3)5;1-2/h7-10,12-15H,5-6,11,16,35H2,1-4H3,(H,41,42);5H,1-3H3;1-2H. The minimum Gasteiger partial charge on any atom is -0.490 e. The molecule has 0 saturated carbocycles. The summed E-state index contributed by atoms with van der Waals surface area (Å²) in [6, 6.07) is 12.9. The first kappa shape index (κ1) is 37.2. The van der Waals surface area contributed by atoms with Crippen molar-refractivity contribution in [3.05, 3.63) is 76.9 Å². The van der Waals surface area contributed by atoms with E-state index in [1.165, 1.54) is 6.07 Å². The Balaban J connectivity index is 0.000000738. The molecule has 4 N–H and O–H groups in total. The number of halogens is 1. The average molecular weight is 679 g/mol. The number of nitrogen functional groups attached to an aromatic ring is 1. The largest absolute Gasteiger partial charge is 0.490 e. The van der Waals surface area contributed by atoms with Crippen LogP contribution >= 0.6 is 0 Å². The lowest BCUT2D eigenvalue weighted by atomic mass is 9.87. The van der Waals surface area contributed by atoms with Crippen LogP contribution in [-0.2, 0) is 24.7 Å². The highest BCUT2D eigenvalue weighted by molar-refractivity contribution is 6.01. The Hall–Kier alpha value is -5.60. The van der Waals surface area contributed by atoms with Crippen LogP contribution < -0.4 is 10.5 Å². The fourth-order valence-electron chi connectivity index (χ4n) is 6.01. The molecule has 0 aliphatic carbocycles. The van der Waals surface area contributed by atoms with Crippen LogP contribution in [0.25, 0.3) is 44.7 Å². The van der Waals surface area contributed by atoms with Crippen molar-refractivity contribution in [1.29, 1.82) is 0 Å². The van der Waals surface area contributed by atoms with Crippen molar-refractivity contribution >= 4 is 28.4 Å². The molecule has 6 rings (SSSR count). The molecule has 1 aliphatic rings. The zero-order chi connectivity index (χ0) is 36.9. The normalized spacial score (nSPS) is 12.4. The number of fused-ring (bicyclic) bond motifs is 2. The first-order valence-corrected chi connectivity index (χ1v) is 16.1. The number of carboxylic acids is 1. The van der Waals surface area contributed by atoms with E-state index in [1.54, 1.807) is 47.0 Å². The van der Waals surface area contributed by atoms with Crippen molar-refractivity contribution in [1.82, 2.24) is 14.5 Å². The Morgan fingerprint density at radius 1 is 1.12 bits per heavy atom. The zero-order valence-corrected chi connectivity index (χ0v) is 29.5. The minimum atomic E-state index is -0.981. The number of hydrogen-bond acceptors (Lipinski definition) is 8. The monoisotopic (exact) mass is 678 g/mol. The molecule has 0 saturated heterocycles. The molecule has 0 amide bonds. The maximum absolute atomic E-state index is 15.5. The first-order valence-electron chi connectivity index (χ1n) is 16.1. The number of ether oxygens (including phenoxy) is 1. The lowest BCUT2D eigenvalue weighted by Crippen LogP contribution is -2.13. The molecular formula is C39H43FN6O4. The van der Waals surface area contributed by atoms with Crippen LogP contribution in [0.1, 0.15) is 49.6 Å². The molecule has 4 heterocycles. The lowest BCUT2D eigenvalue weighted by molar-refractivity contribution is -0.136. The Morgan fingerprint density at radius 2 is 1.82 bits per heavy atom. The van der Waals surface area contributed by atoms with Gasteiger partial charge < -0.3 is 25.3 Å². The van der Waals surface area contributed by atoms with E-state index < -0.39 is 17.4 Å². The van der Waals surface area contributed by atoms with Gasteiger partial charge in [0.25, 0.3) is 0 Å². The number of hydrogen-bond donors (Lipinski definition) is 3. The van der Waals surface area contributed by atoms with E-state index in [0.29, 0.717) is 58.2 Å². The third-order valence-electron chi connectivity index (χ3n) is 8.10. The molecular weight excluding hydrogens is 635 g/mol. The molecule has 10 nitrogen and oxygen atoms in total. The molecule has 260 valence electrons. The molecule has 0 unspecified atom stereocenters. The quantitative estimate of drug-likeness (QED) is 0.0936. The van der Waals surface area contributed by atoms with Crippen molar-refractivity contribution in [2.45, 2.75) is 59.5 Å². The Morgan fingerprint density at radius 3 is 2.46 bits per heavy atom. The summed E-state index contributed by atoms with van der Waals surface area (Å²) in [6.45, 7) is 9.46. The Labute approximate surface area is 291 Å². The average Bonchev–Trinajstić information content (AvgIpc) is 3.39. The first-order chi connectivity index (χ1) is 23.7. The Kier molecular flexibility index (Phi) is 11.4. The fraction of sp³-hybridized carbons (Fsp3) is 0.308. The van der Waals surface area contributed by atoms with Gasteiger partial charge in [-0.2, -0.15) is 10.2 Å². The maximum Gasteiger partial charge on any atom is 0.307 e. The zero-order valence-electron chi connectivity index (χ0n) is 29.5. The van der Waals surface area contributed by atoms with Gasteiger partial charge in [0.1, 0.15) is 11.3 Å². The van der Waals surface area contributed by atoms with Gasteiger partial charge in [0.2, 0.25) is 0 Å². The van der Waals surface area contributed by atoms with E-state index >= 15 is 4.39 Å². The van der Waals surface area contributed by atoms with Crippen molar-refractivity contribution < 1.29 is 24.1 Å². The number of benzene rings is 2. The summed E-state index contributed by atoms with van der Waals surface area (Å²) in [6.07, 6.45) is 11.0. The second kappa shape index (κ2) is 15.3. The summed E-state index contributed by atoms with van der Waals surface area (Å²) in [5.74, 6) is -1.14. The molecule has 0 spiro atoms. The van der Waals surface area contributed by atoms with Gasteiger partial charge in [-0.05, 0) is 106 Å². The molecule has 0 bridgehead atoms. The van der Waals surface area contributed by atoms with Crippen LogP contribution in [0.15, 0.2) is 58.9 Å². The molecule has 50 heavy (non-hydrogen) atoms. The summed E-state index contributed by atoms with van der Waals surface area (Å²) in [4.78, 5) is 21.4. The maximum atomic E-state index is 15.5. The van der Waals surface area contributed by atoms with Gasteiger partial charge in [-0.1, -0.05) is 6.07 Å². The molecule has 0 radical (unpaired) electrons. The predicted octanol–water partition coefficient (Wildman–Crippen LogP) is 8.00. The van der Waals surface area contributed by atoms with Gasteiger partial charge >= 0.3 is 5.97 Å².